The van der Waals surface area contributed by atoms with Crippen molar-refractivity contribution < 1.29 is 4.74 Å². The van der Waals surface area contributed by atoms with Crippen molar-refractivity contribution in [2.75, 3.05) is 31.8 Å². The summed E-state index contributed by atoms with van der Waals surface area (Å²) in [6.07, 6.45) is 3.10. The molecule has 1 N–H and O–H groups in total. The third-order valence-electron chi connectivity index (χ3n) is 6.51. The summed E-state index contributed by atoms with van der Waals surface area (Å²) in [5, 5.41) is 3.41. The lowest BCUT2D eigenvalue weighted by atomic mass is 9.96. The summed E-state index contributed by atoms with van der Waals surface area (Å²) < 4.78 is 7.98. The van der Waals surface area contributed by atoms with Gasteiger partial charge in [0, 0.05) is 56.4 Å². The number of nitrogens with one attached hydrogen (secondary N) is 1. The highest BCUT2D eigenvalue weighted by molar-refractivity contribution is 5.86. The summed E-state index contributed by atoms with van der Waals surface area (Å²) in [6, 6.07) is 15.8. The second-order valence-electron chi connectivity index (χ2n) is 8.53. The van der Waals surface area contributed by atoms with E-state index in [9.17, 15) is 0 Å². The number of methoxy groups -OCH3 is 1. The molecule has 0 saturated carbocycles. The zero-order valence-corrected chi connectivity index (χ0v) is 17.4. The number of aryl methyl sites for hydroxylation is 1. The lowest BCUT2D eigenvalue weighted by Crippen LogP contribution is -2.44. The molecule has 1 aromatic heterocycles. The molecule has 0 spiro atoms. The predicted octanol–water partition coefficient (Wildman–Crippen LogP) is 3.59. The number of anilines is 1. The van der Waals surface area contributed by atoms with Crippen LogP contribution in [0, 0.1) is 5.92 Å². The summed E-state index contributed by atoms with van der Waals surface area (Å²) in [5.41, 5.74) is 6.47. The number of hydrogen-bond donors (Lipinski definition) is 1. The van der Waals surface area contributed by atoms with Gasteiger partial charge in [-0.25, -0.2) is 4.98 Å². The van der Waals surface area contributed by atoms with Gasteiger partial charge in [0.05, 0.1) is 11.0 Å². The van der Waals surface area contributed by atoms with Crippen molar-refractivity contribution in [3.05, 3.63) is 59.4 Å². The van der Waals surface area contributed by atoms with Crippen molar-refractivity contribution in [3.63, 3.8) is 0 Å². The van der Waals surface area contributed by atoms with Crippen molar-refractivity contribution in [2.45, 2.75) is 38.8 Å². The number of rotatable bonds is 6. The summed E-state index contributed by atoms with van der Waals surface area (Å²) in [4.78, 5) is 7.61. The van der Waals surface area contributed by atoms with Crippen LogP contribution in [0.1, 0.15) is 30.3 Å². The summed E-state index contributed by atoms with van der Waals surface area (Å²) in [6.45, 7) is 6.17. The molecule has 0 unspecified atom stereocenters. The van der Waals surface area contributed by atoms with Crippen LogP contribution in [0.15, 0.2) is 42.5 Å². The first-order chi connectivity index (χ1) is 14.2. The van der Waals surface area contributed by atoms with Crippen molar-refractivity contribution in [2.24, 2.45) is 5.92 Å². The van der Waals surface area contributed by atoms with E-state index in [1.54, 1.807) is 7.11 Å². The van der Waals surface area contributed by atoms with Crippen LogP contribution in [0.3, 0.4) is 0 Å². The van der Waals surface area contributed by atoms with Crippen LogP contribution in [-0.2, 0) is 24.1 Å². The summed E-state index contributed by atoms with van der Waals surface area (Å²) in [5.74, 6) is 1.88. The average Bonchev–Trinajstić information content (AvgIpc) is 3.04. The monoisotopic (exact) mass is 390 g/mol. The second kappa shape index (κ2) is 7.81. The molecule has 3 aromatic rings. The first-order valence-corrected chi connectivity index (χ1v) is 10.8. The Kier molecular flexibility index (Phi) is 5.02. The van der Waals surface area contributed by atoms with Crippen LogP contribution in [0.5, 0.6) is 0 Å². The molecule has 1 fully saturated rings. The van der Waals surface area contributed by atoms with E-state index in [0.717, 1.165) is 38.9 Å². The molecular weight excluding hydrogens is 360 g/mol. The highest BCUT2D eigenvalue weighted by Gasteiger charge is 2.27. The quantitative estimate of drug-likeness (QED) is 0.698. The van der Waals surface area contributed by atoms with Crippen LogP contribution in [-0.4, -0.2) is 42.5 Å². The lowest BCUT2D eigenvalue weighted by Gasteiger charge is -2.36. The van der Waals surface area contributed by atoms with Crippen molar-refractivity contribution in [1.29, 1.82) is 0 Å². The molecule has 5 nitrogen and oxygen atoms in total. The van der Waals surface area contributed by atoms with Gasteiger partial charge in [0.25, 0.3) is 0 Å². The second-order valence-corrected chi connectivity index (χ2v) is 8.53. The molecule has 3 heterocycles. The fourth-order valence-corrected chi connectivity index (χ4v) is 4.74. The van der Waals surface area contributed by atoms with E-state index >= 15 is 0 Å². The van der Waals surface area contributed by atoms with Crippen LogP contribution in [0.4, 0.5) is 5.69 Å². The summed E-state index contributed by atoms with van der Waals surface area (Å²) in [7, 11) is 1.78. The van der Waals surface area contributed by atoms with Gasteiger partial charge < -0.3 is 19.5 Å². The third-order valence-corrected chi connectivity index (χ3v) is 6.51. The van der Waals surface area contributed by atoms with E-state index in [0.29, 0.717) is 18.7 Å². The minimum absolute atomic E-state index is 0.492. The Balaban J connectivity index is 1.60. The van der Waals surface area contributed by atoms with Gasteiger partial charge in [0.1, 0.15) is 12.6 Å². The molecule has 2 aliphatic rings. The van der Waals surface area contributed by atoms with E-state index in [-0.39, 0.29) is 0 Å². The van der Waals surface area contributed by atoms with Gasteiger partial charge in [-0.1, -0.05) is 30.3 Å². The van der Waals surface area contributed by atoms with E-state index in [4.69, 9.17) is 9.72 Å². The largest absolute Gasteiger partial charge is 0.364 e. The van der Waals surface area contributed by atoms with E-state index in [1.165, 1.54) is 33.7 Å². The van der Waals surface area contributed by atoms with Crippen molar-refractivity contribution >= 4 is 16.7 Å². The van der Waals surface area contributed by atoms with Crippen LogP contribution < -0.4 is 10.2 Å². The maximum absolute atomic E-state index is 5.50. The SMILES string of the molecule is COCN1c2ccc3c(nc(Cc4ccccc4)n3CC3CNC3)c2CC[C@@H]1C. The van der Waals surface area contributed by atoms with E-state index in [2.05, 4.69) is 64.2 Å². The minimum Gasteiger partial charge on any atom is -0.364 e. The number of fused-ring (bicyclic) bond motifs is 3. The fraction of sp³-hybridized carbons (Fsp3) is 0.458. The molecule has 5 rings (SSSR count). The highest BCUT2D eigenvalue weighted by Crippen LogP contribution is 2.36. The normalized spacial score (nSPS) is 19.4. The maximum Gasteiger partial charge on any atom is 0.118 e. The molecule has 0 amide bonds. The van der Waals surface area contributed by atoms with E-state index < -0.39 is 0 Å². The van der Waals surface area contributed by atoms with Crippen LogP contribution in [0.2, 0.25) is 0 Å². The Morgan fingerprint density at radius 3 is 2.69 bits per heavy atom. The number of aromatic nitrogens is 2. The number of hydrogen-bond acceptors (Lipinski definition) is 4. The Labute approximate surface area is 172 Å². The zero-order chi connectivity index (χ0) is 19.8. The summed E-state index contributed by atoms with van der Waals surface area (Å²) >= 11 is 0. The van der Waals surface area contributed by atoms with Gasteiger partial charge in [0.15, 0.2) is 0 Å². The number of benzene rings is 2. The Hall–Kier alpha value is -2.37. The predicted molar refractivity (Wildman–Crippen MR) is 117 cm³/mol. The molecular formula is C24H30N4O. The molecule has 2 aliphatic heterocycles. The number of nitrogens with zero attached hydrogens (tertiary/aromatic N) is 3. The fourth-order valence-electron chi connectivity index (χ4n) is 4.74. The van der Waals surface area contributed by atoms with Crippen molar-refractivity contribution in [1.82, 2.24) is 14.9 Å². The number of imidazole rings is 1. The average molecular weight is 391 g/mol. The third kappa shape index (κ3) is 3.43. The number of ether oxygens (including phenoxy) is 1. The molecule has 0 radical (unpaired) electrons. The first kappa shape index (κ1) is 18.6. The Morgan fingerprint density at radius 2 is 1.97 bits per heavy atom. The Morgan fingerprint density at radius 1 is 1.14 bits per heavy atom. The van der Waals surface area contributed by atoms with Gasteiger partial charge in [-0.15, -0.1) is 0 Å². The van der Waals surface area contributed by atoms with Gasteiger partial charge in [-0.05, 0) is 37.5 Å². The lowest BCUT2D eigenvalue weighted by molar-refractivity contribution is 0.187. The molecule has 0 aliphatic carbocycles. The van der Waals surface area contributed by atoms with Crippen LogP contribution in [0.25, 0.3) is 11.0 Å². The molecule has 5 heteroatoms. The minimum atomic E-state index is 0.492. The first-order valence-electron chi connectivity index (χ1n) is 10.8. The van der Waals surface area contributed by atoms with Crippen molar-refractivity contribution in [3.8, 4) is 0 Å². The zero-order valence-electron chi connectivity index (χ0n) is 17.4. The molecule has 152 valence electrons. The molecule has 1 atom stereocenters. The van der Waals surface area contributed by atoms with Gasteiger partial charge >= 0.3 is 0 Å². The molecule has 29 heavy (non-hydrogen) atoms. The molecule has 0 bridgehead atoms. The van der Waals surface area contributed by atoms with Gasteiger partial charge in [-0.3, -0.25) is 0 Å². The molecule has 2 aromatic carbocycles. The van der Waals surface area contributed by atoms with Gasteiger partial charge in [-0.2, -0.15) is 0 Å². The van der Waals surface area contributed by atoms with Crippen LogP contribution >= 0.6 is 0 Å². The Bertz CT molecular complexity index is 993. The topological polar surface area (TPSA) is 42.3 Å². The highest BCUT2D eigenvalue weighted by atomic mass is 16.5. The molecule has 1 saturated heterocycles. The van der Waals surface area contributed by atoms with Gasteiger partial charge in [0.2, 0.25) is 0 Å². The maximum atomic E-state index is 5.50. The smallest absolute Gasteiger partial charge is 0.118 e. The van der Waals surface area contributed by atoms with E-state index in [1.807, 2.05) is 0 Å². The standard InChI is InChI=1S/C24H30N4O/c1-17-8-9-20-21(28(17)16-29-2)10-11-22-24(20)26-23(12-18-6-4-3-5-7-18)27(22)15-19-13-25-14-19/h3-7,10-11,17,19,25H,8-9,12-16H2,1-2H3/t17-/m0/s1.